The van der Waals surface area contributed by atoms with E-state index in [9.17, 15) is 29.2 Å². The van der Waals surface area contributed by atoms with Crippen molar-refractivity contribution >= 4 is 35.4 Å². The van der Waals surface area contributed by atoms with Crippen molar-refractivity contribution in [1.29, 1.82) is 0 Å². The predicted octanol–water partition coefficient (Wildman–Crippen LogP) is -1.34. The van der Waals surface area contributed by atoms with E-state index in [2.05, 4.69) is 31.4 Å². The molecule has 0 saturated carbocycles. The number of aliphatic hydroxyl groups excluding tert-OH is 2. The normalized spacial score (nSPS) is 20.9. The Morgan fingerprint density at radius 3 is 2.73 bits per heavy atom. The van der Waals surface area contributed by atoms with E-state index in [4.69, 9.17) is 24.1 Å². The fourth-order valence-electron chi connectivity index (χ4n) is 3.41. The van der Waals surface area contributed by atoms with Crippen molar-refractivity contribution in [3.05, 3.63) is 60.3 Å². The lowest BCUT2D eigenvalue weighted by Crippen LogP contribution is -2.33. The molecule has 0 bridgehead atoms. The minimum atomic E-state index is -4.45. The summed E-state index contributed by atoms with van der Waals surface area (Å²) in [6.45, 7) is -1.25. The molecule has 16 nitrogen and oxygen atoms in total. The Labute approximate surface area is 216 Å². The van der Waals surface area contributed by atoms with Gasteiger partial charge in [-0.25, -0.2) is 15.1 Å². The molecule has 37 heavy (non-hydrogen) atoms. The van der Waals surface area contributed by atoms with Crippen molar-refractivity contribution < 1.29 is 38.9 Å². The summed E-state index contributed by atoms with van der Waals surface area (Å²) < 4.78 is 23.8. The Balaban J connectivity index is 1.65. The lowest BCUT2D eigenvalue weighted by atomic mass is 10.2. The molecule has 0 spiro atoms. The summed E-state index contributed by atoms with van der Waals surface area (Å²) >= 11 is 3.07. The number of anilines is 1. The van der Waals surface area contributed by atoms with Crippen LogP contribution < -0.4 is 22.4 Å². The molecular weight excluding hydrogens is 585 g/mol. The fraction of sp³-hybridized carbons (Fsp3) is 0.474. The van der Waals surface area contributed by atoms with Gasteiger partial charge in [0.1, 0.15) is 24.8 Å². The standard InChI is InChI=1S/C19H25BrN5O11P/c20-3-1-11-6-25(19(30)22-17(11)28)16-5-13(14(9-27)35-16)36-23-15-2-4-24(18(29)21-15)7-12(8-26)34-10-37(31,32)33/h1-4,6,12-14,16,26-27H,5,7-10H2,(H,21,23,29)(H,22,28,30)(H2,31,32,33)/b3-1+. The number of rotatable bonds is 12. The van der Waals surface area contributed by atoms with Gasteiger partial charge in [0.2, 0.25) is 0 Å². The molecule has 3 heterocycles. The number of nitrogens with zero attached hydrogens (tertiary/aromatic N) is 3. The number of ether oxygens (including phenoxy) is 2. The average molecular weight is 610 g/mol. The number of H-pyrrole nitrogens is 1. The maximum Gasteiger partial charge on any atom is 0.350 e. The molecule has 1 saturated heterocycles. The lowest BCUT2D eigenvalue weighted by Gasteiger charge is -2.18. The summed E-state index contributed by atoms with van der Waals surface area (Å²) in [5.74, 6) is 0.00373. The molecule has 0 amide bonds. The van der Waals surface area contributed by atoms with Crippen LogP contribution in [0.1, 0.15) is 18.2 Å². The third-order valence-corrected chi connectivity index (χ3v) is 5.93. The molecule has 0 aromatic carbocycles. The van der Waals surface area contributed by atoms with E-state index in [1.807, 2.05) is 0 Å². The van der Waals surface area contributed by atoms with Gasteiger partial charge in [0, 0.05) is 18.8 Å². The Hall–Kier alpha value is -2.47. The summed E-state index contributed by atoms with van der Waals surface area (Å²) in [7, 11) is -4.45. The fourth-order valence-corrected chi connectivity index (χ4v) is 4.10. The van der Waals surface area contributed by atoms with Crippen LogP contribution >= 0.6 is 23.5 Å². The number of aliphatic hydroxyl groups is 2. The second kappa shape index (κ2) is 12.9. The first-order chi connectivity index (χ1) is 17.5. The maximum absolute atomic E-state index is 12.3. The summed E-state index contributed by atoms with van der Waals surface area (Å²) in [6.07, 6.45) is -0.265. The monoisotopic (exact) mass is 609 g/mol. The van der Waals surface area contributed by atoms with Crippen molar-refractivity contribution in [3.63, 3.8) is 0 Å². The highest BCUT2D eigenvalue weighted by Gasteiger charge is 2.38. The number of nitrogens with one attached hydrogen (secondary N) is 2. The minimum Gasteiger partial charge on any atom is -0.394 e. The zero-order valence-corrected chi connectivity index (χ0v) is 21.5. The van der Waals surface area contributed by atoms with Gasteiger partial charge in [-0.2, -0.15) is 4.98 Å². The molecule has 3 rings (SSSR count). The van der Waals surface area contributed by atoms with Crippen LogP contribution in [-0.4, -0.2) is 77.0 Å². The summed E-state index contributed by atoms with van der Waals surface area (Å²) in [5, 5.41) is 19.0. The van der Waals surface area contributed by atoms with E-state index >= 15 is 0 Å². The Morgan fingerprint density at radius 2 is 2.11 bits per heavy atom. The summed E-state index contributed by atoms with van der Waals surface area (Å²) in [4.78, 5) is 67.3. The van der Waals surface area contributed by atoms with Crippen LogP contribution in [0.25, 0.3) is 6.08 Å². The number of halogens is 1. The van der Waals surface area contributed by atoms with Gasteiger partial charge in [-0.1, -0.05) is 15.9 Å². The summed E-state index contributed by atoms with van der Waals surface area (Å²) in [6, 6.07) is 1.37. The third-order valence-electron chi connectivity index (χ3n) is 5.18. The molecule has 0 radical (unpaired) electrons. The molecule has 4 atom stereocenters. The van der Waals surface area contributed by atoms with Gasteiger partial charge in [0.15, 0.2) is 5.82 Å². The van der Waals surface area contributed by atoms with Crippen LogP contribution in [0.4, 0.5) is 5.82 Å². The van der Waals surface area contributed by atoms with Gasteiger partial charge in [-0.3, -0.25) is 28.3 Å². The Morgan fingerprint density at radius 1 is 1.35 bits per heavy atom. The van der Waals surface area contributed by atoms with E-state index in [0.29, 0.717) is 0 Å². The molecular formula is C19H25BrN5O11P. The second-order valence-electron chi connectivity index (χ2n) is 7.86. The molecule has 0 aliphatic carbocycles. The number of hydrogen-bond donors (Lipinski definition) is 6. The summed E-state index contributed by atoms with van der Waals surface area (Å²) in [5.41, 5.74) is 0.643. The average Bonchev–Trinajstić information content (AvgIpc) is 3.25. The zero-order valence-electron chi connectivity index (χ0n) is 19.0. The van der Waals surface area contributed by atoms with Crippen molar-refractivity contribution in [1.82, 2.24) is 19.1 Å². The van der Waals surface area contributed by atoms with Crippen LogP contribution in [0, 0.1) is 0 Å². The minimum absolute atomic E-state index is 0.00373. The lowest BCUT2D eigenvalue weighted by molar-refractivity contribution is -0.0539. The van der Waals surface area contributed by atoms with E-state index in [-0.39, 0.29) is 24.3 Å². The van der Waals surface area contributed by atoms with Crippen molar-refractivity contribution in [2.75, 3.05) is 25.0 Å². The molecule has 2 aromatic rings. The Kier molecular flexibility index (Phi) is 10.1. The second-order valence-corrected chi connectivity index (χ2v) is 9.98. The van der Waals surface area contributed by atoms with E-state index in [0.717, 1.165) is 4.57 Å². The molecule has 204 valence electrons. The highest BCUT2D eigenvalue weighted by atomic mass is 79.9. The van der Waals surface area contributed by atoms with Crippen LogP contribution in [-0.2, 0) is 25.4 Å². The molecule has 1 fully saturated rings. The van der Waals surface area contributed by atoms with Crippen LogP contribution in [0.15, 0.2) is 37.8 Å². The first kappa shape index (κ1) is 29.1. The SMILES string of the molecule is O=c1[nH]c(=O)n(C2CC(ONc3ccn(CC(CO)OCP(=O)(O)O)c(=O)n3)C(CO)O2)cc1/C=C/Br. The first-order valence-electron chi connectivity index (χ1n) is 10.7. The zero-order chi connectivity index (χ0) is 27.2. The first-order valence-corrected chi connectivity index (χ1v) is 13.4. The van der Waals surface area contributed by atoms with Crippen LogP contribution in [0.5, 0.6) is 0 Å². The molecule has 4 unspecified atom stereocenters. The van der Waals surface area contributed by atoms with Gasteiger partial charge in [-0.05, 0) is 17.1 Å². The number of aromatic amines is 1. The van der Waals surface area contributed by atoms with Crippen LogP contribution in [0.2, 0.25) is 0 Å². The maximum atomic E-state index is 12.3. The predicted molar refractivity (Wildman–Crippen MR) is 131 cm³/mol. The van der Waals surface area contributed by atoms with Crippen molar-refractivity contribution in [2.24, 2.45) is 0 Å². The smallest absolute Gasteiger partial charge is 0.350 e. The van der Waals surface area contributed by atoms with Crippen molar-refractivity contribution in [2.45, 2.75) is 37.5 Å². The van der Waals surface area contributed by atoms with E-state index in [1.165, 1.54) is 34.1 Å². The highest BCUT2D eigenvalue weighted by molar-refractivity contribution is 9.11. The molecule has 6 N–H and O–H groups in total. The van der Waals surface area contributed by atoms with Crippen LogP contribution in [0.3, 0.4) is 0 Å². The molecule has 2 aromatic heterocycles. The highest BCUT2D eigenvalue weighted by Crippen LogP contribution is 2.34. The van der Waals surface area contributed by atoms with Crippen molar-refractivity contribution in [3.8, 4) is 0 Å². The van der Waals surface area contributed by atoms with Gasteiger partial charge in [-0.15, -0.1) is 0 Å². The van der Waals surface area contributed by atoms with E-state index < -0.39 is 68.6 Å². The molecule has 1 aliphatic rings. The van der Waals surface area contributed by atoms with E-state index in [1.54, 1.807) is 0 Å². The largest absolute Gasteiger partial charge is 0.394 e. The van der Waals surface area contributed by atoms with Gasteiger partial charge in [0.05, 0.1) is 31.4 Å². The topological polar surface area (TPSA) is 227 Å². The third kappa shape index (κ3) is 8.00. The quantitative estimate of drug-likeness (QED) is 0.121. The van der Waals surface area contributed by atoms with Gasteiger partial charge < -0.3 is 29.5 Å². The molecule has 1 aliphatic heterocycles. The number of aromatic nitrogens is 4. The van der Waals surface area contributed by atoms with Gasteiger partial charge >= 0.3 is 19.0 Å². The number of hydrogen-bond acceptors (Lipinski definition) is 11. The molecule has 18 heteroatoms. The Bertz CT molecular complexity index is 1320. The van der Waals surface area contributed by atoms with Gasteiger partial charge in [0.25, 0.3) is 5.56 Å².